The lowest BCUT2D eigenvalue weighted by Gasteiger charge is -2.35. The first kappa shape index (κ1) is 68.1. The number of aromatic nitrogens is 8. The predicted octanol–water partition coefficient (Wildman–Crippen LogP) is -8.50. The van der Waals surface area contributed by atoms with E-state index in [2.05, 4.69) is 52.5 Å². The van der Waals surface area contributed by atoms with Gasteiger partial charge in [-0.15, -0.1) is 0 Å². The zero-order chi connectivity index (χ0) is 67.2. The van der Waals surface area contributed by atoms with Crippen LogP contribution in [0.3, 0.4) is 0 Å². The van der Waals surface area contributed by atoms with Crippen LogP contribution in [0.2, 0.25) is 0 Å². The first-order valence-corrected chi connectivity index (χ1v) is 27.5. The largest absolute Gasteiger partial charge is 0.370 e. The van der Waals surface area contributed by atoms with E-state index in [1.807, 2.05) is 9.97 Å². The van der Waals surface area contributed by atoms with Gasteiger partial charge in [0.1, 0.15) is 24.2 Å². The fraction of sp³-hybridized carbons (Fsp3) is 0.358. The number of nitrogens with one attached hydrogen (secondary N) is 14. The van der Waals surface area contributed by atoms with Crippen LogP contribution in [-0.2, 0) is 62.8 Å². The number of primary amides is 1. The highest BCUT2D eigenvalue weighted by atomic mass is 16.2. The van der Waals surface area contributed by atoms with Crippen LogP contribution in [0, 0.1) is 10.8 Å². The Balaban J connectivity index is 1.43. The maximum atomic E-state index is 15.1. The number of rotatable bonds is 28. The summed E-state index contributed by atoms with van der Waals surface area (Å²) in [6.07, 6.45) is 1.40. The van der Waals surface area contributed by atoms with E-state index in [4.69, 9.17) is 28.0 Å². The molecule has 484 valence electrons. The molecule has 0 aliphatic heterocycles. The molecule has 2 aromatic carbocycles. The van der Waals surface area contributed by atoms with E-state index in [0.717, 1.165) is 52.3 Å². The molecule has 0 saturated heterocycles. The maximum Gasteiger partial charge on any atom is 0.330 e. The third kappa shape index (κ3) is 16.7. The minimum absolute atomic E-state index is 0.00396. The number of nitrogens with zero attached hydrogens (tertiary/aromatic N) is 5. The van der Waals surface area contributed by atoms with Crippen molar-refractivity contribution in [3.63, 3.8) is 0 Å². The van der Waals surface area contributed by atoms with Crippen LogP contribution in [0.5, 0.6) is 0 Å². The number of amides is 8. The van der Waals surface area contributed by atoms with Gasteiger partial charge in [-0.2, -0.15) is 0 Å². The Bertz CT molecular complexity index is 4370. The minimum atomic E-state index is -2.78. The molecular formula is C53H66N22O16. The van der Waals surface area contributed by atoms with Crippen molar-refractivity contribution in [2.75, 3.05) is 26.7 Å². The van der Waals surface area contributed by atoms with E-state index >= 15 is 9.59 Å². The molecule has 6 aromatic rings. The fourth-order valence-electron chi connectivity index (χ4n) is 9.45. The lowest BCUT2D eigenvalue weighted by Crippen LogP contribution is -2.67. The molecule has 8 amide bonds. The van der Waals surface area contributed by atoms with Gasteiger partial charge in [-0.1, -0.05) is 24.3 Å². The summed E-state index contributed by atoms with van der Waals surface area (Å²) in [5, 5.41) is 33.6. The minimum Gasteiger partial charge on any atom is -0.370 e. The summed E-state index contributed by atoms with van der Waals surface area (Å²) in [5.74, 6) is -10.7. The molecule has 0 fully saturated rings. The number of carbonyl (C=O) groups is 8. The SMILES string of the molecule is CC(=O)N[C@@H](CCCNC(=N)N)C(=O)N[C@](C)(C(=O)N(C)CC(=O)N[C@H](Cn1c(=O)[nH]c2ccccc2c1=O)C(=O)N[C@H](Cn1c(=O)[nH]c2ccccc2c1=O)C(=O)N[C@](C)(C(=O)N[C@@H](CCCNC(=N)N)C(N)=O)n1ccc(=O)[nH]c1=O)n1ccc(=O)[nH]c1=O. The van der Waals surface area contributed by atoms with Gasteiger partial charge < -0.3 is 74.6 Å². The number of fused-ring (bicyclic) bond motifs is 2. The van der Waals surface area contributed by atoms with Crippen LogP contribution < -0.4 is 105 Å². The lowest BCUT2D eigenvalue weighted by molar-refractivity contribution is -0.147. The van der Waals surface area contributed by atoms with E-state index < -0.39 is 159 Å². The first-order valence-electron chi connectivity index (χ1n) is 27.5. The number of carbonyl (C=O) groups excluding carboxylic acids is 8. The third-order valence-corrected chi connectivity index (χ3v) is 14.0. The van der Waals surface area contributed by atoms with Crippen molar-refractivity contribution in [2.45, 2.75) is 95.0 Å². The average molecular weight is 1270 g/mol. The van der Waals surface area contributed by atoms with Crippen LogP contribution in [0.1, 0.15) is 46.5 Å². The Hall–Kier alpha value is -12.0. The Morgan fingerprint density at radius 3 is 1.45 bits per heavy atom. The van der Waals surface area contributed by atoms with Gasteiger partial charge in [0, 0.05) is 51.6 Å². The molecule has 0 saturated carbocycles. The van der Waals surface area contributed by atoms with Gasteiger partial charge in [0.25, 0.3) is 34.1 Å². The van der Waals surface area contributed by atoms with Crippen molar-refractivity contribution in [3.8, 4) is 0 Å². The van der Waals surface area contributed by atoms with Gasteiger partial charge in [0.15, 0.2) is 23.2 Å². The molecule has 6 rings (SSSR count). The second-order valence-corrected chi connectivity index (χ2v) is 20.9. The van der Waals surface area contributed by atoms with Crippen LogP contribution >= 0.6 is 0 Å². The van der Waals surface area contributed by atoms with E-state index in [1.165, 1.54) is 48.5 Å². The van der Waals surface area contributed by atoms with Gasteiger partial charge in [0.2, 0.25) is 35.4 Å². The smallest absolute Gasteiger partial charge is 0.330 e. The van der Waals surface area contributed by atoms with Crippen molar-refractivity contribution in [2.24, 2.45) is 17.2 Å². The Morgan fingerprint density at radius 1 is 0.549 bits per heavy atom. The Labute approximate surface area is 509 Å². The molecule has 38 nitrogen and oxygen atoms in total. The van der Waals surface area contributed by atoms with Crippen molar-refractivity contribution < 1.29 is 38.4 Å². The molecule has 0 unspecified atom stereocenters. The topological polar surface area (TPSA) is 581 Å². The third-order valence-electron chi connectivity index (χ3n) is 14.0. The molecular weight excluding hydrogens is 1200 g/mol. The summed E-state index contributed by atoms with van der Waals surface area (Å²) in [4.78, 5) is 230. The average Bonchev–Trinajstić information content (AvgIpc) is 0.817. The maximum absolute atomic E-state index is 15.1. The van der Waals surface area contributed by atoms with E-state index in [0.29, 0.717) is 23.2 Å². The summed E-state index contributed by atoms with van der Waals surface area (Å²) in [6.45, 7) is -0.358. The summed E-state index contributed by atoms with van der Waals surface area (Å²) in [6, 6.07) is 5.27. The fourth-order valence-corrected chi connectivity index (χ4v) is 9.45. The van der Waals surface area contributed by atoms with Crippen molar-refractivity contribution in [1.29, 1.82) is 10.8 Å². The van der Waals surface area contributed by atoms with Crippen LogP contribution in [0.15, 0.2) is 111 Å². The number of benzene rings is 2. The summed E-state index contributed by atoms with van der Waals surface area (Å²) >= 11 is 0. The highest BCUT2D eigenvalue weighted by Gasteiger charge is 2.44. The number of nitrogens with two attached hydrogens (primary N) is 3. The van der Waals surface area contributed by atoms with Crippen molar-refractivity contribution in [1.82, 2.24) is 85.6 Å². The lowest BCUT2D eigenvalue weighted by atomic mass is 10.1. The van der Waals surface area contributed by atoms with Gasteiger partial charge in [0.05, 0.1) is 41.4 Å². The number of aromatic amines is 4. The molecule has 0 aliphatic carbocycles. The molecule has 0 radical (unpaired) electrons. The molecule has 0 bridgehead atoms. The molecule has 6 atom stereocenters. The molecule has 4 heterocycles. The number of H-pyrrole nitrogens is 4. The molecule has 4 aromatic heterocycles. The van der Waals surface area contributed by atoms with Crippen molar-refractivity contribution in [3.05, 3.63) is 156 Å². The van der Waals surface area contributed by atoms with Crippen LogP contribution in [-0.4, -0.2) is 153 Å². The first-order chi connectivity index (χ1) is 42.8. The van der Waals surface area contributed by atoms with E-state index in [9.17, 15) is 67.1 Å². The Morgan fingerprint density at radius 2 is 0.989 bits per heavy atom. The predicted molar refractivity (Wildman–Crippen MR) is 322 cm³/mol. The van der Waals surface area contributed by atoms with Crippen LogP contribution in [0.25, 0.3) is 21.8 Å². The van der Waals surface area contributed by atoms with Gasteiger partial charge in [-0.05, 0) is 63.8 Å². The van der Waals surface area contributed by atoms with Gasteiger partial charge in [-0.3, -0.25) is 96.6 Å². The summed E-state index contributed by atoms with van der Waals surface area (Å²) in [7, 11) is 0.993. The number of hydrogen-bond acceptors (Lipinski definition) is 18. The normalized spacial score (nSPS) is 13.7. The molecule has 91 heavy (non-hydrogen) atoms. The summed E-state index contributed by atoms with van der Waals surface area (Å²) in [5.41, 5.74) is 2.09. The molecule has 20 N–H and O–H groups in total. The molecule has 38 heteroatoms. The van der Waals surface area contributed by atoms with Crippen LogP contribution in [0.4, 0.5) is 0 Å². The second-order valence-electron chi connectivity index (χ2n) is 20.9. The number of hydrogen-bond donors (Lipinski definition) is 17. The van der Waals surface area contributed by atoms with E-state index in [1.54, 1.807) is 0 Å². The molecule has 0 aliphatic rings. The van der Waals surface area contributed by atoms with E-state index in [-0.39, 0.29) is 60.6 Å². The molecule has 0 spiro atoms. The monoisotopic (exact) mass is 1270 g/mol. The number of para-hydroxylation sites is 2. The van der Waals surface area contributed by atoms with Crippen molar-refractivity contribution >= 4 is 81.0 Å². The highest BCUT2D eigenvalue weighted by molar-refractivity contribution is 5.98. The quantitative estimate of drug-likeness (QED) is 0.0123. The van der Waals surface area contributed by atoms with Gasteiger partial charge in [-0.25, -0.2) is 19.2 Å². The van der Waals surface area contributed by atoms with Gasteiger partial charge >= 0.3 is 22.8 Å². The Kier molecular flexibility index (Phi) is 21.8. The number of likely N-dealkylation sites (N-methyl/N-ethyl adjacent to an activating group) is 1. The zero-order valence-corrected chi connectivity index (χ0v) is 49.1. The zero-order valence-electron chi connectivity index (χ0n) is 49.1. The standard InChI is InChI=1S/C53H66N22O16/c1-26(76)61-32(16-10-20-60-47(57)58)40(82)70-53(3,75-22-18-36(78)68-51(75)91)45(87)71(4)25-37(79)62-33(23-72-42(84)27-11-5-7-13-29(27)65-48(72)88)39(81)63-34(24-73-43(85)28-12-6-8-14-30(28)66-49(73)89)41(83)69-52(2,74-21-17-35(77)67-50(74)90)44(86)64-31(38(54)80)15-9-19-59-46(55)56/h5-8,11-14,17-18,21-22,31-34H,9-10,15-16,19-20,23-25H2,1-4H3,(H2,54,80)(H,61,76)(H,62,79)(H,63,81)(H,64,86)(H,65,88)(H,66,89)(H,69,83)(H,70,82)(H4,55,56,59)(H4,57,58,60)(H,67,77,90)(H,68,78,91)/t31-,32-,33+,34+,52-,53-/m0/s1. The highest BCUT2D eigenvalue weighted by Crippen LogP contribution is 2.17. The number of guanidine groups is 2. The summed E-state index contributed by atoms with van der Waals surface area (Å²) < 4.78 is 2.01. The second kappa shape index (κ2) is 29.1.